The summed E-state index contributed by atoms with van der Waals surface area (Å²) >= 11 is 0. The number of ether oxygens (including phenoxy) is 1. The minimum absolute atomic E-state index is 0.221. The third-order valence-corrected chi connectivity index (χ3v) is 5.97. The molecule has 3 nitrogen and oxygen atoms in total. The summed E-state index contributed by atoms with van der Waals surface area (Å²) in [4.78, 5) is 12.1. The van der Waals surface area contributed by atoms with Crippen LogP contribution in [0, 0.1) is 5.92 Å². The maximum atomic E-state index is 12.1. The zero-order chi connectivity index (χ0) is 18.9. The van der Waals surface area contributed by atoms with E-state index in [1.165, 1.54) is 33.4 Å². The fourth-order valence-corrected chi connectivity index (χ4v) is 4.26. The quantitative estimate of drug-likeness (QED) is 0.806. The van der Waals surface area contributed by atoms with Gasteiger partial charge in [0.1, 0.15) is 12.4 Å². The highest BCUT2D eigenvalue weighted by Gasteiger charge is 2.30. The summed E-state index contributed by atoms with van der Waals surface area (Å²) in [6.45, 7) is 1.26. The maximum absolute atomic E-state index is 12.1. The van der Waals surface area contributed by atoms with E-state index in [-0.39, 0.29) is 11.8 Å². The Morgan fingerprint density at radius 3 is 2.75 bits per heavy atom. The van der Waals surface area contributed by atoms with Crippen molar-refractivity contribution in [1.29, 1.82) is 0 Å². The lowest BCUT2D eigenvalue weighted by Crippen LogP contribution is -2.28. The first-order valence-electron chi connectivity index (χ1n) is 10.3. The van der Waals surface area contributed by atoms with Crippen molar-refractivity contribution in [2.24, 2.45) is 5.92 Å². The van der Waals surface area contributed by atoms with Gasteiger partial charge in [0.25, 0.3) is 0 Å². The van der Waals surface area contributed by atoms with E-state index in [2.05, 4.69) is 41.7 Å². The number of hydrogen-bond donors (Lipinski definition) is 1. The van der Waals surface area contributed by atoms with E-state index in [1.54, 1.807) is 0 Å². The number of rotatable bonds is 6. The van der Waals surface area contributed by atoms with E-state index in [1.807, 2.05) is 18.2 Å². The number of amides is 1. The van der Waals surface area contributed by atoms with Crippen molar-refractivity contribution in [2.75, 3.05) is 6.54 Å². The van der Waals surface area contributed by atoms with Crippen LogP contribution in [0.5, 0.6) is 5.75 Å². The highest BCUT2D eigenvalue weighted by molar-refractivity contribution is 5.86. The monoisotopic (exact) mass is 371 g/mol. The third-order valence-electron chi connectivity index (χ3n) is 5.97. The van der Waals surface area contributed by atoms with Gasteiger partial charge in [-0.05, 0) is 66.0 Å². The van der Waals surface area contributed by atoms with Crippen molar-refractivity contribution in [1.82, 2.24) is 5.32 Å². The van der Waals surface area contributed by atoms with Crippen molar-refractivity contribution in [2.45, 2.75) is 38.7 Å². The Hall–Kier alpha value is -2.81. The molecule has 0 heterocycles. The van der Waals surface area contributed by atoms with Gasteiger partial charge in [0.15, 0.2) is 0 Å². The molecule has 3 aliphatic rings. The Bertz CT molecular complexity index is 968. The molecule has 3 heteroatoms. The Kier molecular flexibility index (Phi) is 4.52. The van der Waals surface area contributed by atoms with E-state index in [9.17, 15) is 4.79 Å². The standard InChI is InChI=1S/C25H25NO2/c27-25(19-9-10-19)26-15-20-11-13-22-23(28-16-17-5-2-1-3-6-17)14-12-18-7-4-8-21(20)24(18)22/h1-6,8,12,14,19H,7,9-11,13,15-16H2,(H,26,27). The predicted molar refractivity (Wildman–Crippen MR) is 111 cm³/mol. The van der Waals surface area contributed by atoms with Crippen LogP contribution < -0.4 is 10.1 Å². The zero-order valence-electron chi connectivity index (χ0n) is 16.0. The number of carbonyl (C=O) groups excluding carboxylic acids is 1. The molecule has 0 radical (unpaired) electrons. The molecule has 1 N–H and O–H groups in total. The topological polar surface area (TPSA) is 38.3 Å². The van der Waals surface area contributed by atoms with Gasteiger partial charge in [0.05, 0.1) is 0 Å². The summed E-state index contributed by atoms with van der Waals surface area (Å²) in [6.07, 6.45) is 9.48. The molecule has 1 saturated carbocycles. The fourth-order valence-electron chi connectivity index (χ4n) is 4.26. The Balaban J connectivity index is 1.41. The van der Waals surface area contributed by atoms with Crippen LogP contribution in [0.1, 0.15) is 41.5 Å². The van der Waals surface area contributed by atoms with Crippen LogP contribution >= 0.6 is 0 Å². The first-order chi connectivity index (χ1) is 13.8. The Morgan fingerprint density at radius 2 is 1.93 bits per heavy atom. The van der Waals surface area contributed by atoms with Gasteiger partial charge in [-0.2, -0.15) is 0 Å². The van der Waals surface area contributed by atoms with Crippen LogP contribution in [0.15, 0.2) is 60.2 Å². The van der Waals surface area contributed by atoms with Crippen molar-refractivity contribution in [3.8, 4) is 5.75 Å². The Labute approximate surface area is 166 Å². The second-order valence-electron chi connectivity index (χ2n) is 7.97. The predicted octanol–water partition coefficient (Wildman–Crippen LogP) is 4.60. The van der Waals surface area contributed by atoms with Crippen LogP contribution in [-0.2, 0) is 24.2 Å². The van der Waals surface area contributed by atoms with Crippen molar-refractivity contribution in [3.05, 3.63) is 82.4 Å². The van der Waals surface area contributed by atoms with Crippen LogP contribution in [0.2, 0.25) is 0 Å². The summed E-state index contributed by atoms with van der Waals surface area (Å²) < 4.78 is 6.22. The smallest absolute Gasteiger partial charge is 0.223 e. The summed E-state index contributed by atoms with van der Waals surface area (Å²) in [6, 6.07) is 14.6. The lowest BCUT2D eigenvalue weighted by molar-refractivity contribution is -0.122. The van der Waals surface area contributed by atoms with Gasteiger partial charge in [-0.3, -0.25) is 4.79 Å². The lowest BCUT2D eigenvalue weighted by atomic mass is 9.79. The number of hydrogen-bond acceptors (Lipinski definition) is 2. The summed E-state index contributed by atoms with van der Waals surface area (Å²) in [5, 5.41) is 3.15. The molecule has 0 spiro atoms. The van der Waals surface area contributed by atoms with Crippen LogP contribution in [0.4, 0.5) is 0 Å². The molecule has 0 aliphatic heterocycles. The average molecular weight is 371 g/mol. The van der Waals surface area contributed by atoms with Crippen LogP contribution in [-0.4, -0.2) is 12.5 Å². The van der Waals surface area contributed by atoms with E-state index >= 15 is 0 Å². The highest BCUT2D eigenvalue weighted by Crippen LogP contribution is 2.41. The molecule has 1 fully saturated rings. The molecule has 3 aliphatic carbocycles. The van der Waals surface area contributed by atoms with Crippen molar-refractivity contribution >= 4 is 11.5 Å². The fraction of sp³-hybridized carbons (Fsp3) is 0.320. The molecule has 5 rings (SSSR count). The molecule has 2 aromatic carbocycles. The second kappa shape index (κ2) is 7.31. The average Bonchev–Trinajstić information content (AvgIpc) is 3.59. The largest absolute Gasteiger partial charge is 0.489 e. The van der Waals surface area contributed by atoms with E-state index in [0.29, 0.717) is 13.2 Å². The summed E-state index contributed by atoms with van der Waals surface area (Å²) in [5.74, 6) is 1.48. The summed E-state index contributed by atoms with van der Waals surface area (Å²) in [5.41, 5.74) is 7.86. The van der Waals surface area contributed by atoms with E-state index in [4.69, 9.17) is 4.74 Å². The SMILES string of the molecule is O=C(NCC1=C2C=CCc3ccc(OCc4ccccc4)c(c32)CC1)C1CC1. The number of carbonyl (C=O) groups is 1. The van der Waals surface area contributed by atoms with Crippen molar-refractivity contribution < 1.29 is 9.53 Å². The number of benzene rings is 2. The van der Waals surface area contributed by atoms with Gasteiger partial charge in [-0.15, -0.1) is 0 Å². The zero-order valence-corrected chi connectivity index (χ0v) is 16.0. The van der Waals surface area contributed by atoms with Gasteiger partial charge in [0, 0.05) is 18.0 Å². The lowest BCUT2D eigenvalue weighted by Gasteiger charge is -2.28. The molecule has 0 atom stereocenters. The molecule has 0 aromatic heterocycles. The first kappa shape index (κ1) is 17.3. The summed E-state index contributed by atoms with van der Waals surface area (Å²) in [7, 11) is 0. The molecular weight excluding hydrogens is 346 g/mol. The normalized spacial score (nSPS) is 17.3. The first-order valence-corrected chi connectivity index (χ1v) is 10.3. The molecule has 1 amide bonds. The molecular formula is C25H25NO2. The number of nitrogens with one attached hydrogen (secondary N) is 1. The van der Waals surface area contributed by atoms with Crippen LogP contribution in [0.3, 0.4) is 0 Å². The van der Waals surface area contributed by atoms with Gasteiger partial charge < -0.3 is 10.1 Å². The second-order valence-corrected chi connectivity index (χ2v) is 7.97. The molecule has 0 bridgehead atoms. The minimum atomic E-state index is 0.221. The van der Waals surface area contributed by atoms with Crippen LogP contribution in [0.25, 0.3) is 5.57 Å². The van der Waals surface area contributed by atoms with Gasteiger partial charge >= 0.3 is 0 Å². The number of allylic oxidation sites excluding steroid dienone is 3. The minimum Gasteiger partial charge on any atom is -0.489 e. The van der Waals surface area contributed by atoms with E-state index in [0.717, 1.165) is 37.9 Å². The molecule has 28 heavy (non-hydrogen) atoms. The van der Waals surface area contributed by atoms with Gasteiger partial charge in [-0.1, -0.05) is 48.6 Å². The molecule has 0 unspecified atom stereocenters. The van der Waals surface area contributed by atoms with Crippen molar-refractivity contribution in [3.63, 3.8) is 0 Å². The Morgan fingerprint density at radius 1 is 1.07 bits per heavy atom. The molecule has 2 aromatic rings. The van der Waals surface area contributed by atoms with Gasteiger partial charge in [0.2, 0.25) is 5.91 Å². The highest BCUT2D eigenvalue weighted by atomic mass is 16.5. The maximum Gasteiger partial charge on any atom is 0.223 e. The van der Waals surface area contributed by atoms with Gasteiger partial charge in [-0.25, -0.2) is 0 Å². The third kappa shape index (κ3) is 3.37. The molecule has 0 saturated heterocycles. The van der Waals surface area contributed by atoms with E-state index < -0.39 is 0 Å². The molecule has 142 valence electrons.